The number of hydrogen-bond donors (Lipinski definition) is 0. The molecule has 0 N–H and O–H groups in total. The van der Waals surface area contributed by atoms with Gasteiger partial charge in [0.25, 0.3) is 0 Å². The van der Waals surface area contributed by atoms with Crippen LogP contribution in [0.1, 0.15) is 5.56 Å². The third-order valence-electron chi connectivity index (χ3n) is 4.56. The number of benzene rings is 3. The monoisotopic (exact) mass is 378 g/mol. The fourth-order valence-corrected chi connectivity index (χ4v) is 3.19. The summed E-state index contributed by atoms with van der Waals surface area (Å²) in [5, 5.41) is 4.86. The molecule has 0 bridgehead atoms. The van der Waals surface area contributed by atoms with Gasteiger partial charge >= 0.3 is 0 Å². The number of para-hydroxylation sites is 1. The smallest absolute Gasteiger partial charge is 0.216 e. The first-order valence-electron chi connectivity index (χ1n) is 8.65. The predicted molar refractivity (Wildman–Crippen MR) is 103 cm³/mol. The van der Waals surface area contributed by atoms with Crippen molar-refractivity contribution in [1.82, 2.24) is 9.78 Å². The van der Waals surface area contributed by atoms with Gasteiger partial charge in [0.15, 0.2) is 0 Å². The van der Waals surface area contributed by atoms with Gasteiger partial charge in [0.05, 0.1) is 24.7 Å². The van der Waals surface area contributed by atoms with Crippen molar-refractivity contribution in [2.24, 2.45) is 0 Å². The molecule has 6 heteroatoms. The Labute approximate surface area is 159 Å². The Bertz CT molecular complexity index is 1230. The number of methoxy groups -OCH3 is 1. The number of fused-ring (bicyclic) bond motifs is 1. The normalized spacial score (nSPS) is 11.0. The number of hydrogen-bond acceptors (Lipinski definition) is 3. The van der Waals surface area contributed by atoms with E-state index in [4.69, 9.17) is 4.74 Å². The fourth-order valence-electron chi connectivity index (χ4n) is 3.19. The van der Waals surface area contributed by atoms with E-state index >= 15 is 0 Å². The minimum Gasteiger partial charge on any atom is -0.496 e. The van der Waals surface area contributed by atoms with E-state index in [-0.39, 0.29) is 29.0 Å². The molecular formula is C22H16F2N2O2. The molecule has 0 aliphatic rings. The van der Waals surface area contributed by atoms with Crippen molar-refractivity contribution in [3.05, 3.63) is 94.2 Å². The highest BCUT2D eigenvalue weighted by Gasteiger charge is 2.17. The van der Waals surface area contributed by atoms with Crippen molar-refractivity contribution in [2.75, 3.05) is 7.11 Å². The van der Waals surface area contributed by atoms with E-state index in [1.807, 2.05) is 0 Å². The standard InChI is InChI=1S/C22H16F2N2O2/c1-28-20-11-10-15(23)12-17(20)21-22(27)16-7-3-5-9-19(16)26(25-21)13-14-6-2-4-8-18(14)24/h2-12H,13H2,1H3. The maximum atomic E-state index is 14.2. The molecule has 140 valence electrons. The van der Waals surface area contributed by atoms with Crippen molar-refractivity contribution < 1.29 is 13.5 Å². The maximum absolute atomic E-state index is 14.2. The summed E-state index contributed by atoms with van der Waals surface area (Å²) in [6.07, 6.45) is 0. The van der Waals surface area contributed by atoms with Gasteiger partial charge in [0.1, 0.15) is 23.1 Å². The Morgan fingerprint density at radius 2 is 1.75 bits per heavy atom. The van der Waals surface area contributed by atoms with Crippen LogP contribution in [0.4, 0.5) is 8.78 Å². The summed E-state index contributed by atoms with van der Waals surface area (Å²) in [7, 11) is 1.44. The quantitative estimate of drug-likeness (QED) is 0.529. The third kappa shape index (κ3) is 3.13. The van der Waals surface area contributed by atoms with Gasteiger partial charge in [-0.3, -0.25) is 9.48 Å². The highest BCUT2D eigenvalue weighted by atomic mass is 19.1. The minimum absolute atomic E-state index is 0.0476. The Morgan fingerprint density at radius 1 is 1.00 bits per heavy atom. The average molecular weight is 378 g/mol. The summed E-state index contributed by atoms with van der Waals surface area (Å²) < 4.78 is 34.9. The Balaban J connectivity index is 1.99. The van der Waals surface area contributed by atoms with Crippen LogP contribution in [0.25, 0.3) is 22.2 Å². The zero-order chi connectivity index (χ0) is 19.7. The second-order valence-corrected chi connectivity index (χ2v) is 6.29. The van der Waals surface area contributed by atoms with Crippen LogP contribution in [0, 0.1) is 11.6 Å². The van der Waals surface area contributed by atoms with Crippen LogP contribution in [-0.4, -0.2) is 16.9 Å². The lowest BCUT2D eigenvalue weighted by molar-refractivity contribution is 0.415. The molecule has 3 aromatic carbocycles. The molecule has 0 atom stereocenters. The molecule has 4 aromatic rings. The van der Waals surface area contributed by atoms with Crippen LogP contribution in [0.2, 0.25) is 0 Å². The average Bonchev–Trinajstić information content (AvgIpc) is 2.71. The molecule has 0 aliphatic heterocycles. The largest absolute Gasteiger partial charge is 0.496 e. The Morgan fingerprint density at radius 3 is 2.54 bits per heavy atom. The number of rotatable bonds is 4. The summed E-state index contributed by atoms with van der Waals surface area (Å²) in [6, 6.07) is 17.2. The number of aromatic nitrogens is 2. The fraction of sp³-hybridized carbons (Fsp3) is 0.0909. The molecule has 1 aromatic heterocycles. The molecule has 0 saturated carbocycles. The van der Waals surface area contributed by atoms with Crippen molar-refractivity contribution in [3.63, 3.8) is 0 Å². The molecule has 0 fully saturated rings. The molecular weight excluding hydrogens is 362 g/mol. The number of ether oxygens (including phenoxy) is 1. The number of nitrogens with zero attached hydrogens (tertiary/aromatic N) is 2. The SMILES string of the molecule is COc1ccc(F)cc1-c1nn(Cc2ccccc2F)c2ccccc2c1=O. The molecule has 4 rings (SSSR count). The zero-order valence-corrected chi connectivity index (χ0v) is 15.0. The molecule has 28 heavy (non-hydrogen) atoms. The van der Waals surface area contributed by atoms with Crippen LogP contribution in [0.3, 0.4) is 0 Å². The van der Waals surface area contributed by atoms with E-state index < -0.39 is 5.82 Å². The van der Waals surface area contributed by atoms with E-state index in [0.717, 1.165) is 0 Å². The molecule has 0 amide bonds. The van der Waals surface area contributed by atoms with Gasteiger partial charge in [-0.1, -0.05) is 30.3 Å². The van der Waals surface area contributed by atoms with Gasteiger partial charge in [0, 0.05) is 10.9 Å². The van der Waals surface area contributed by atoms with Gasteiger partial charge in [-0.25, -0.2) is 8.78 Å². The van der Waals surface area contributed by atoms with Gasteiger partial charge in [-0.2, -0.15) is 5.10 Å². The van der Waals surface area contributed by atoms with E-state index in [9.17, 15) is 13.6 Å². The molecule has 4 nitrogen and oxygen atoms in total. The zero-order valence-electron chi connectivity index (χ0n) is 15.0. The first-order valence-corrected chi connectivity index (χ1v) is 8.65. The second-order valence-electron chi connectivity index (χ2n) is 6.29. The molecule has 0 saturated heterocycles. The molecule has 0 aliphatic carbocycles. The Kier molecular flexibility index (Phi) is 4.61. The molecule has 1 heterocycles. The number of halogens is 2. The summed E-state index contributed by atoms with van der Waals surface area (Å²) >= 11 is 0. The van der Waals surface area contributed by atoms with Crippen molar-refractivity contribution in [3.8, 4) is 17.0 Å². The Hall–Kier alpha value is -3.54. The highest BCUT2D eigenvalue weighted by molar-refractivity contribution is 5.83. The van der Waals surface area contributed by atoms with Crippen molar-refractivity contribution >= 4 is 10.9 Å². The molecule has 0 spiro atoms. The predicted octanol–water partition coefficient (Wildman–Crippen LogP) is 4.40. The molecule has 0 radical (unpaired) electrons. The molecule has 0 unspecified atom stereocenters. The van der Waals surface area contributed by atoms with E-state index in [1.165, 1.54) is 31.4 Å². The highest BCUT2D eigenvalue weighted by Crippen LogP contribution is 2.28. The van der Waals surface area contributed by atoms with Gasteiger partial charge < -0.3 is 4.74 Å². The lowest BCUT2D eigenvalue weighted by Gasteiger charge is -2.14. The maximum Gasteiger partial charge on any atom is 0.216 e. The van der Waals surface area contributed by atoms with Crippen LogP contribution < -0.4 is 10.2 Å². The minimum atomic E-state index is -0.509. The van der Waals surface area contributed by atoms with Gasteiger partial charge in [0.2, 0.25) is 5.43 Å². The van der Waals surface area contributed by atoms with Crippen LogP contribution in [0.5, 0.6) is 5.75 Å². The first kappa shape index (κ1) is 17.9. The lowest BCUT2D eigenvalue weighted by Crippen LogP contribution is -2.18. The van der Waals surface area contributed by atoms with Crippen LogP contribution in [0.15, 0.2) is 71.5 Å². The first-order chi connectivity index (χ1) is 13.6. The topological polar surface area (TPSA) is 44.1 Å². The lowest BCUT2D eigenvalue weighted by atomic mass is 10.1. The van der Waals surface area contributed by atoms with Gasteiger partial charge in [-0.05, 0) is 36.4 Å². The summed E-state index contributed by atoms with van der Waals surface area (Å²) in [5.74, 6) is -0.540. The summed E-state index contributed by atoms with van der Waals surface area (Å²) in [4.78, 5) is 13.1. The second kappa shape index (κ2) is 7.23. The summed E-state index contributed by atoms with van der Waals surface area (Å²) in [6.45, 7) is 0.123. The summed E-state index contributed by atoms with van der Waals surface area (Å²) in [5.41, 5.74) is 0.951. The van der Waals surface area contributed by atoms with E-state index in [1.54, 1.807) is 47.1 Å². The van der Waals surface area contributed by atoms with Crippen LogP contribution in [-0.2, 0) is 6.54 Å². The van der Waals surface area contributed by atoms with Crippen molar-refractivity contribution in [1.29, 1.82) is 0 Å². The van der Waals surface area contributed by atoms with Gasteiger partial charge in [-0.15, -0.1) is 0 Å². The van der Waals surface area contributed by atoms with E-state index in [2.05, 4.69) is 5.10 Å². The van der Waals surface area contributed by atoms with Crippen molar-refractivity contribution in [2.45, 2.75) is 6.54 Å². The third-order valence-corrected chi connectivity index (χ3v) is 4.56. The van der Waals surface area contributed by atoms with E-state index in [0.29, 0.717) is 22.2 Å². The van der Waals surface area contributed by atoms with Crippen LogP contribution >= 0.6 is 0 Å².